The van der Waals surface area contributed by atoms with Gasteiger partial charge in [0.25, 0.3) is 0 Å². The molecule has 0 aliphatic rings. The lowest BCUT2D eigenvalue weighted by Gasteiger charge is -2.09. The second kappa shape index (κ2) is 7.41. The number of nitrogens with two attached hydrogens (primary N) is 1. The van der Waals surface area contributed by atoms with Gasteiger partial charge in [0.1, 0.15) is 18.2 Å². The Morgan fingerprint density at radius 3 is 2.78 bits per heavy atom. The Labute approximate surface area is 105 Å². The van der Waals surface area contributed by atoms with Crippen LogP contribution in [0.4, 0.5) is 11.6 Å². The molecule has 0 fully saturated rings. The highest BCUT2D eigenvalue weighted by atomic mass is 16.5. The van der Waals surface area contributed by atoms with Gasteiger partial charge in [-0.15, -0.1) is 0 Å². The SMILES string of the molecule is CNC(=O)CCNc1cc(NN)nc(COC)n1. The third-order valence-corrected chi connectivity index (χ3v) is 2.13. The number of carbonyl (C=O) groups is 1. The summed E-state index contributed by atoms with van der Waals surface area (Å²) < 4.78 is 4.96. The van der Waals surface area contributed by atoms with E-state index >= 15 is 0 Å². The lowest BCUT2D eigenvalue weighted by molar-refractivity contribution is -0.120. The first-order valence-electron chi connectivity index (χ1n) is 5.47. The summed E-state index contributed by atoms with van der Waals surface area (Å²) in [6.45, 7) is 0.771. The standard InChI is InChI=1S/C10H18N6O2/c1-12-10(17)3-4-13-7-5-8(16-11)15-9(14-7)6-18-2/h5H,3-4,6,11H2,1-2H3,(H,12,17)(H2,13,14,15,16). The van der Waals surface area contributed by atoms with Gasteiger partial charge in [0, 0.05) is 33.2 Å². The van der Waals surface area contributed by atoms with Crippen molar-refractivity contribution in [2.75, 3.05) is 31.4 Å². The van der Waals surface area contributed by atoms with Gasteiger partial charge in [-0.3, -0.25) is 4.79 Å². The maximum absolute atomic E-state index is 11.1. The monoisotopic (exact) mass is 254 g/mol. The molecule has 0 radical (unpaired) electrons. The van der Waals surface area contributed by atoms with E-state index in [0.29, 0.717) is 37.0 Å². The van der Waals surface area contributed by atoms with Crippen LogP contribution in [0.15, 0.2) is 6.07 Å². The highest BCUT2D eigenvalue weighted by Crippen LogP contribution is 2.10. The fraction of sp³-hybridized carbons (Fsp3) is 0.500. The van der Waals surface area contributed by atoms with Gasteiger partial charge < -0.3 is 20.8 Å². The zero-order chi connectivity index (χ0) is 13.4. The van der Waals surface area contributed by atoms with Gasteiger partial charge in [-0.2, -0.15) is 0 Å². The Hall–Kier alpha value is -1.93. The maximum atomic E-state index is 11.1. The molecule has 0 bridgehead atoms. The van der Waals surface area contributed by atoms with Gasteiger partial charge >= 0.3 is 0 Å². The number of nitrogens with zero attached hydrogens (tertiary/aromatic N) is 2. The van der Waals surface area contributed by atoms with E-state index < -0.39 is 0 Å². The Bertz CT molecular complexity index is 398. The number of hydrazine groups is 1. The third kappa shape index (κ3) is 4.52. The molecule has 0 saturated carbocycles. The van der Waals surface area contributed by atoms with Crippen LogP contribution in [-0.4, -0.2) is 36.6 Å². The summed E-state index contributed by atoms with van der Waals surface area (Å²) in [5, 5.41) is 5.56. The number of carbonyl (C=O) groups excluding carboxylic acids is 1. The van der Waals surface area contributed by atoms with Crippen LogP contribution in [0, 0.1) is 0 Å². The molecule has 0 spiro atoms. The van der Waals surface area contributed by atoms with E-state index in [-0.39, 0.29) is 5.91 Å². The average molecular weight is 254 g/mol. The van der Waals surface area contributed by atoms with E-state index in [4.69, 9.17) is 10.6 Å². The van der Waals surface area contributed by atoms with E-state index in [1.165, 1.54) is 0 Å². The van der Waals surface area contributed by atoms with Crippen molar-refractivity contribution in [3.8, 4) is 0 Å². The predicted octanol–water partition coefficient (Wildman–Crippen LogP) is -0.543. The van der Waals surface area contributed by atoms with E-state index in [2.05, 4.69) is 26.0 Å². The first-order valence-corrected chi connectivity index (χ1v) is 5.47. The highest BCUT2D eigenvalue weighted by Gasteiger charge is 2.04. The molecule has 0 aliphatic carbocycles. The molecule has 1 rings (SSSR count). The Balaban J connectivity index is 2.63. The minimum atomic E-state index is -0.0363. The lowest BCUT2D eigenvalue weighted by atomic mass is 10.4. The Kier molecular flexibility index (Phi) is 5.81. The van der Waals surface area contributed by atoms with E-state index in [1.807, 2.05) is 0 Å². The number of anilines is 2. The molecule has 0 unspecified atom stereocenters. The average Bonchev–Trinajstić information content (AvgIpc) is 2.38. The fourth-order valence-corrected chi connectivity index (χ4v) is 1.28. The maximum Gasteiger partial charge on any atom is 0.221 e. The first kappa shape index (κ1) is 14.1. The molecule has 0 aliphatic heterocycles. The zero-order valence-corrected chi connectivity index (χ0v) is 10.5. The molecule has 1 amide bonds. The molecule has 8 heteroatoms. The van der Waals surface area contributed by atoms with Crippen molar-refractivity contribution in [3.63, 3.8) is 0 Å². The minimum absolute atomic E-state index is 0.0363. The molecule has 0 saturated heterocycles. The third-order valence-electron chi connectivity index (χ3n) is 2.13. The first-order chi connectivity index (χ1) is 8.69. The number of methoxy groups -OCH3 is 1. The molecule has 18 heavy (non-hydrogen) atoms. The number of amides is 1. The molecule has 0 aromatic carbocycles. The number of hydrogen-bond acceptors (Lipinski definition) is 7. The Morgan fingerprint density at radius 2 is 2.17 bits per heavy atom. The molecule has 0 atom stereocenters. The molecule has 100 valence electrons. The van der Waals surface area contributed by atoms with Crippen LogP contribution in [0.25, 0.3) is 0 Å². The van der Waals surface area contributed by atoms with E-state index in [1.54, 1.807) is 20.2 Å². The van der Waals surface area contributed by atoms with Gasteiger partial charge in [0.2, 0.25) is 5.91 Å². The number of ether oxygens (including phenoxy) is 1. The smallest absolute Gasteiger partial charge is 0.221 e. The molecule has 5 N–H and O–H groups in total. The summed E-state index contributed by atoms with van der Waals surface area (Å²) in [5.74, 6) is 6.86. The van der Waals surface area contributed by atoms with Crippen LogP contribution in [0.2, 0.25) is 0 Å². The summed E-state index contributed by atoms with van der Waals surface area (Å²) in [6, 6.07) is 1.66. The number of rotatable bonds is 7. The molecule has 1 heterocycles. The van der Waals surface area contributed by atoms with Crippen LogP contribution in [0.3, 0.4) is 0 Å². The topological polar surface area (TPSA) is 114 Å². The van der Waals surface area contributed by atoms with Crippen molar-refractivity contribution in [3.05, 3.63) is 11.9 Å². The summed E-state index contributed by atoms with van der Waals surface area (Å²) >= 11 is 0. The summed E-state index contributed by atoms with van der Waals surface area (Å²) in [4.78, 5) is 19.4. The second-order valence-corrected chi connectivity index (χ2v) is 3.48. The van der Waals surface area contributed by atoms with Gasteiger partial charge in [0.05, 0.1) is 0 Å². The normalized spacial score (nSPS) is 9.94. The molecule has 8 nitrogen and oxygen atoms in total. The van der Waals surface area contributed by atoms with Crippen LogP contribution in [0.5, 0.6) is 0 Å². The summed E-state index contributed by atoms with van der Waals surface area (Å²) in [5.41, 5.74) is 2.45. The minimum Gasteiger partial charge on any atom is -0.377 e. The van der Waals surface area contributed by atoms with Crippen LogP contribution in [0.1, 0.15) is 12.2 Å². The van der Waals surface area contributed by atoms with Crippen molar-refractivity contribution >= 4 is 17.5 Å². The van der Waals surface area contributed by atoms with Crippen molar-refractivity contribution in [1.29, 1.82) is 0 Å². The second-order valence-electron chi connectivity index (χ2n) is 3.48. The molecule has 1 aromatic rings. The number of nitrogens with one attached hydrogen (secondary N) is 3. The molecular weight excluding hydrogens is 236 g/mol. The van der Waals surface area contributed by atoms with E-state index in [0.717, 1.165) is 0 Å². The van der Waals surface area contributed by atoms with Gasteiger partial charge in [0.15, 0.2) is 5.82 Å². The van der Waals surface area contributed by atoms with Gasteiger partial charge in [-0.25, -0.2) is 15.8 Å². The van der Waals surface area contributed by atoms with Crippen LogP contribution < -0.4 is 21.9 Å². The zero-order valence-electron chi connectivity index (χ0n) is 10.5. The molecule has 1 aromatic heterocycles. The van der Waals surface area contributed by atoms with Crippen LogP contribution >= 0.6 is 0 Å². The summed E-state index contributed by atoms with van der Waals surface area (Å²) in [6.07, 6.45) is 0.367. The van der Waals surface area contributed by atoms with Crippen molar-refractivity contribution in [2.24, 2.45) is 5.84 Å². The van der Waals surface area contributed by atoms with Crippen LogP contribution in [-0.2, 0) is 16.1 Å². The quantitative estimate of drug-likeness (QED) is 0.381. The largest absolute Gasteiger partial charge is 0.377 e. The summed E-state index contributed by atoms with van der Waals surface area (Å²) in [7, 11) is 3.16. The van der Waals surface area contributed by atoms with Gasteiger partial charge in [-0.05, 0) is 0 Å². The van der Waals surface area contributed by atoms with Crippen molar-refractivity contribution < 1.29 is 9.53 Å². The van der Waals surface area contributed by atoms with Gasteiger partial charge in [-0.1, -0.05) is 0 Å². The number of aromatic nitrogens is 2. The Morgan fingerprint density at radius 1 is 1.44 bits per heavy atom. The van der Waals surface area contributed by atoms with Crippen molar-refractivity contribution in [1.82, 2.24) is 15.3 Å². The predicted molar refractivity (Wildman–Crippen MR) is 67.7 cm³/mol. The fourth-order valence-electron chi connectivity index (χ4n) is 1.28. The number of hydrogen-bond donors (Lipinski definition) is 4. The van der Waals surface area contributed by atoms with Crippen molar-refractivity contribution in [2.45, 2.75) is 13.0 Å². The number of nitrogen functional groups attached to an aromatic ring is 1. The lowest BCUT2D eigenvalue weighted by Crippen LogP contribution is -2.21. The van der Waals surface area contributed by atoms with E-state index in [9.17, 15) is 4.79 Å². The highest BCUT2D eigenvalue weighted by molar-refractivity contribution is 5.76. The molecular formula is C10H18N6O2.